The van der Waals surface area contributed by atoms with Crippen molar-refractivity contribution in [2.45, 2.75) is 34.6 Å². The van der Waals surface area contributed by atoms with Crippen LogP contribution in [0.5, 0.6) is 0 Å². The fourth-order valence-electron chi connectivity index (χ4n) is 0.368. The van der Waals surface area contributed by atoms with Crippen molar-refractivity contribution in [1.82, 2.24) is 0 Å². The number of rotatable bonds is 3. The molecule has 0 fully saturated rings. The van der Waals surface area contributed by atoms with E-state index < -0.39 is 9.84 Å². The van der Waals surface area contributed by atoms with Gasteiger partial charge in [-0.25, -0.2) is 8.42 Å². The van der Waals surface area contributed by atoms with Crippen LogP contribution in [-0.2, 0) is 25.6 Å². The van der Waals surface area contributed by atoms with Gasteiger partial charge in [-0.15, -0.1) is 0 Å². The maximum atomic E-state index is 10.5. The summed E-state index contributed by atoms with van der Waals surface area (Å²) in [6, 6.07) is 0. The number of hydrogen-bond donors (Lipinski definition) is 0. The maximum absolute atomic E-state index is 10.5. The standard InChI is InChI=1S/C5H10O2S.C2H6.CH4.H2S.S.V/c1-3-5-8(6,7)4-2;1-2;;;;/h4H,2-3,5H2,1H3;1-2H3;1H4;1H2;;. The van der Waals surface area contributed by atoms with Crippen LogP contribution in [0.1, 0.15) is 34.6 Å². The molecule has 89 valence electrons. The zero-order chi connectivity index (χ0) is 10.6. The van der Waals surface area contributed by atoms with Crippen molar-refractivity contribution in [3.63, 3.8) is 0 Å². The van der Waals surface area contributed by atoms with Gasteiger partial charge in [0.05, 0.1) is 5.75 Å². The Hall–Kier alpha value is 0.844. The first-order valence-electron chi connectivity index (χ1n) is 3.66. The molecule has 14 heavy (non-hydrogen) atoms. The fraction of sp³-hybridized carbons (Fsp3) is 0.750. The number of sulfone groups is 1. The van der Waals surface area contributed by atoms with E-state index in [2.05, 4.69) is 16.9 Å². The molecule has 0 rings (SSSR count). The molecule has 0 atom stereocenters. The van der Waals surface area contributed by atoms with Crippen LogP contribution in [-0.4, -0.2) is 14.2 Å². The first kappa shape index (κ1) is 29.4. The van der Waals surface area contributed by atoms with Crippen molar-refractivity contribution < 1.29 is 24.1 Å². The summed E-state index contributed by atoms with van der Waals surface area (Å²) in [5.41, 5.74) is 0. The molecular formula is C8H22O2S3V. The van der Waals surface area contributed by atoms with Crippen LogP contribution >= 0.6 is 23.8 Å². The Morgan fingerprint density at radius 1 is 1.36 bits per heavy atom. The third-order valence-corrected chi connectivity index (χ3v) is 2.23. The Kier molecular flexibility index (Phi) is 49.4. The first-order chi connectivity index (χ1) is 5.62. The first-order valence-corrected chi connectivity index (χ1v) is 7.45. The third-order valence-electron chi connectivity index (χ3n) is 0.743. The van der Waals surface area contributed by atoms with Crippen molar-refractivity contribution in [2.24, 2.45) is 0 Å². The molecule has 0 spiro atoms. The van der Waals surface area contributed by atoms with Crippen molar-refractivity contribution in [1.29, 1.82) is 0 Å². The minimum absolute atomic E-state index is 0. The van der Waals surface area contributed by atoms with Crippen molar-refractivity contribution in [2.75, 3.05) is 5.75 Å². The monoisotopic (exact) mass is 297 g/mol. The summed E-state index contributed by atoms with van der Waals surface area (Å²) in [4.78, 5) is 0. The van der Waals surface area contributed by atoms with E-state index in [0.717, 1.165) is 5.41 Å². The molecule has 0 N–H and O–H groups in total. The Bertz CT molecular complexity index is 179. The Morgan fingerprint density at radius 3 is 1.71 bits per heavy atom. The van der Waals surface area contributed by atoms with Gasteiger partial charge in [0.2, 0.25) is 0 Å². The molecule has 0 radical (unpaired) electrons. The molecule has 0 amide bonds. The average molecular weight is 297 g/mol. The van der Waals surface area contributed by atoms with Gasteiger partial charge in [0.15, 0.2) is 9.84 Å². The van der Waals surface area contributed by atoms with Gasteiger partial charge in [-0.05, 0) is 6.42 Å². The summed E-state index contributed by atoms with van der Waals surface area (Å²) in [7, 11) is 1.12. The molecule has 0 saturated heterocycles. The van der Waals surface area contributed by atoms with Crippen LogP contribution in [0.3, 0.4) is 0 Å². The molecule has 6 heteroatoms. The molecule has 0 unspecified atom stereocenters. The normalized spacial score (nSPS) is 7.00. The van der Waals surface area contributed by atoms with Crippen LogP contribution in [0.2, 0.25) is 0 Å². The SMILES string of the molecule is C.C=CS(=O)(=O)CCC.CC.S.[S]=[V]. The van der Waals surface area contributed by atoms with E-state index >= 15 is 0 Å². The van der Waals surface area contributed by atoms with Gasteiger partial charge in [0.25, 0.3) is 0 Å². The predicted octanol–water partition coefficient (Wildman–Crippen LogP) is 3.38. The quantitative estimate of drug-likeness (QED) is 0.801. The predicted molar refractivity (Wildman–Crippen MR) is 70.3 cm³/mol. The Morgan fingerprint density at radius 2 is 1.64 bits per heavy atom. The van der Waals surface area contributed by atoms with Crippen LogP contribution in [0, 0.1) is 0 Å². The molecular weight excluding hydrogens is 275 g/mol. The van der Waals surface area contributed by atoms with E-state index in [1.165, 1.54) is 0 Å². The van der Waals surface area contributed by atoms with Crippen molar-refractivity contribution in [3.05, 3.63) is 12.0 Å². The Balaban J connectivity index is -0.0000000400. The zero-order valence-electron chi connectivity index (χ0n) is 8.28. The third kappa shape index (κ3) is 29.3. The molecule has 0 aromatic carbocycles. The van der Waals surface area contributed by atoms with E-state index in [-0.39, 0.29) is 26.7 Å². The van der Waals surface area contributed by atoms with Gasteiger partial charge in [0, 0.05) is 5.41 Å². The molecule has 0 aliphatic rings. The second kappa shape index (κ2) is 23.6. The average Bonchev–Trinajstić information content (AvgIpc) is 2.12. The molecule has 2 nitrogen and oxygen atoms in total. The van der Waals surface area contributed by atoms with Crippen LogP contribution < -0.4 is 0 Å². The minimum atomic E-state index is -2.91. The molecule has 0 saturated carbocycles. The summed E-state index contributed by atoms with van der Waals surface area (Å²) in [6.45, 7) is 8.98. The van der Waals surface area contributed by atoms with Gasteiger partial charge in [0.1, 0.15) is 0 Å². The van der Waals surface area contributed by atoms with E-state index in [1.54, 1.807) is 0 Å². The summed E-state index contributed by atoms with van der Waals surface area (Å²) >= 11 is 1.90. The van der Waals surface area contributed by atoms with Crippen molar-refractivity contribution in [3.8, 4) is 0 Å². The van der Waals surface area contributed by atoms with Gasteiger partial charge in [-0.1, -0.05) is 34.8 Å². The molecule has 0 aliphatic carbocycles. The van der Waals surface area contributed by atoms with Gasteiger partial charge < -0.3 is 0 Å². The van der Waals surface area contributed by atoms with E-state index in [0.29, 0.717) is 6.42 Å². The van der Waals surface area contributed by atoms with Gasteiger partial charge >= 0.3 is 26.0 Å². The summed E-state index contributed by atoms with van der Waals surface area (Å²) < 4.78 is 21.0. The number of hydrogen-bond acceptors (Lipinski definition) is 3. The Labute approximate surface area is 110 Å². The van der Waals surface area contributed by atoms with E-state index in [1.807, 2.05) is 36.5 Å². The topological polar surface area (TPSA) is 34.1 Å². The van der Waals surface area contributed by atoms with Gasteiger partial charge in [-0.3, -0.25) is 0 Å². The molecule has 0 heterocycles. The molecule has 0 aromatic rings. The van der Waals surface area contributed by atoms with Crippen LogP contribution in [0.4, 0.5) is 0 Å². The summed E-state index contributed by atoms with van der Waals surface area (Å²) in [6.07, 6.45) is 0.661. The van der Waals surface area contributed by atoms with Gasteiger partial charge in [-0.2, -0.15) is 13.5 Å². The van der Waals surface area contributed by atoms with E-state index in [4.69, 9.17) is 0 Å². The van der Waals surface area contributed by atoms with Crippen LogP contribution in [0.15, 0.2) is 12.0 Å². The molecule has 0 bridgehead atoms. The van der Waals surface area contributed by atoms with Crippen molar-refractivity contribution >= 4 is 33.6 Å². The fourth-order valence-corrected chi connectivity index (χ4v) is 1.10. The van der Waals surface area contributed by atoms with E-state index in [9.17, 15) is 8.42 Å². The second-order valence-corrected chi connectivity index (χ2v) is 3.60. The van der Waals surface area contributed by atoms with Crippen LogP contribution in [0.25, 0.3) is 0 Å². The molecule has 0 aliphatic heterocycles. The summed E-state index contributed by atoms with van der Waals surface area (Å²) in [5, 5.41) is 0.997. The second-order valence-electron chi connectivity index (χ2n) is 1.53. The zero-order valence-corrected chi connectivity index (χ0v) is 12.3. The summed E-state index contributed by atoms with van der Waals surface area (Å²) in [5.74, 6) is 0.219. The molecule has 0 aromatic heterocycles.